The van der Waals surface area contributed by atoms with Gasteiger partial charge in [0.15, 0.2) is 0 Å². The average Bonchev–Trinajstić information content (AvgIpc) is 3.91. The van der Waals surface area contributed by atoms with Crippen molar-refractivity contribution in [2.75, 3.05) is 9.80 Å². The molecule has 0 aliphatic rings. The first-order valence-corrected chi connectivity index (χ1v) is 21.7. The van der Waals surface area contributed by atoms with Gasteiger partial charge in [-0.15, -0.1) is 0 Å². The number of rotatable bonds is 9. The minimum absolute atomic E-state index is 0.889. The molecule has 64 heavy (non-hydrogen) atoms. The number of nitrogens with zero attached hydrogens (tertiary/aromatic N) is 3. The molecule has 0 bridgehead atoms. The van der Waals surface area contributed by atoms with Crippen molar-refractivity contribution in [3.05, 3.63) is 249 Å². The Balaban J connectivity index is 0.838. The lowest BCUT2D eigenvalue weighted by molar-refractivity contribution is 0.669. The number of anilines is 6. The quantitative estimate of drug-likeness (QED) is 0.145. The number of aromatic nitrogens is 1. The molecule has 12 rings (SSSR count). The largest absolute Gasteiger partial charge is 0.456 e. The van der Waals surface area contributed by atoms with Crippen molar-refractivity contribution >= 4 is 77.9 Å². The van der Waals surface area contributed by atoms with Crippen molar-refractivity contribution in [2.24, 2.45) is 0 Å². The lowest BCUT2D eigenvalue weighted by atomic mass is 9.99. The fourth-order valence-electron chi connectivity index (χ4n) is 9.32. The fraction of sp³-hybridized carbons (Fsp3) is 0. The summed E-state index contributed by atoms with van der Waals surface area (Å²) in [5.74, 6) is 0. The highest BCUT2D eigenvalue weighted by Crippen LogP contribution is 2.42. The molecule has 2 heterocycles. The number of furan rings is 1. The Bertz CT molecular complexity index is 3580. The van der Waals surface area contributed by atoms with E-state index in [4.69, 9.17) is 4.42 Å². The van der Waals surface area contributed by atoms with Crippen molar-refractivity contribution in [1.82, 2.24) is 4.57 Å². The van der Waals surface area contributed by atoms with Crippen LogP contribution in [0.5, 0.6) is 0 Å². The smallest absolute Gasteiger partial charge is 0.135 e. The Kier molecular flexibility index (Phi) is 9.12. The molecule has 0 saturated carbocycles. The van der Waals surface area contributed by atoms with Crippen molar-refractivity contribution in [2.45, 2.75) is 0 Å². The maximum absolute atomic E-state index is 6.16. The Morgan fingerprint density at radius 2 is 0.656 bits per heavy atom. The average molecular weight is 820 g/mol. The molecule has 0 N–H and O–H groups in total. The van der Waals surface area contributed by atoms with Crippen LogP contribution >= 0.6 is 0 Å². The molecular formula is C60H41N3O. The fourth-order valence-corrected chi connectivity index (χ4v) is 9.32. The second-order valence-corrected chi connectivity index (χ2v) is 16.2. The van der Waals surface area contributed by atoms with E-state index < -0.39 is 0 Å². The highest BCUT2D eigenvalue weighted by Gasteiger charge is 2.19. The van der Waals surface area contributed by atoms with E-state index in [1.165, 1.54) is 38.5 Å². The Morgan fingerprint density at radius 3 is 1.23 bits per heavy atom. The third-order valence-corrected chi connectivity index (χ3v) is 12.4. The van der Waals surface area contributed by atoms with E-state index in [-0.39, 0.29) is 0 Å². The molecule has 0 spiro atoms. The summed E-state index contributed by atoms with van der Waals surface area (Å²) in [4.78, 5) is 4.65. The van der Waals surface area contributed by atoms with Crippen LogP contribution in [0.1, 0.15) is 0 Å². The van der Waals surface area contributed by atoms with Crippen LogP contribution in [0.3, 0.4) is 0 Å². The molecule has 10 aromatic carbocycles. The summed E-state index contributed by atoms with van der Waals surface area (Å²) in [6, 6.07) is 88.7. The van der Waals surface area contributed by atoms with Gasteiger partial charge in [-0.1, -0.05) is 140 Å². The third-order valence-electron chi connectivity index (χ3n) is 12.4. The molecule has 4 heteroatoms. The van der Waals surface area contributed by atoms with Gasteiger partial charge >= 0.3 is 0 Å². The van der Waals surface area contributed by atoms with E-state index in [1.54, 1.807) is 0 Å². The molecule has 302 valence electrons. The zero-order valence-corrected chi connectivity index (χ0v) is 34.9. The molecule has 4 nitrogen and oxygen atoms in total. The molecule has 0 radical (unpaired) electrons. The van der Waals surface area contributed by atoms with Gasteiger partial charge in [-0.3, -0.25) is 0 Å². The van der Waals surface area contributed by atoms with E-state index >= 15 is 0 Å². The van der Waals surface area contributed by atoms with E-state index in [9.17, 15) is 0 Å². The highest BCUT2D eigenvalue weighted by atomic mass is 16.3. The van der Waals surface area contributed by atoms with Crippen LogP contribution < -0.4 is 9.80 Å². The Morgan fingerprint density at radius 1 is 0.266 bits per heavy atom. The molecule has 0 unspecified atom stereocenters. The Hall–Kier alpha value is -8.60. The van der Waals surface area contributed by atoms with Gasteiger partial charge in [-0.2, -0.15) is 0 Å². The van der Waals surface area contributed by atoms with E-state index in [1.807, 2.05) is 12.1 Å². The Labute approximate surface area is 371 Å². The number of fused-ring (bicyclic) bond motifs is 6. The summed E-state index contributed by atoms with van der Waals surface area (Å²) in [5.41, 5.74) is 16.6. The van der Waals surface area contributed by atoms with Crippen LogP contribution in [-0.4, -0.2) is 4.57 Å². The maximum Gasteiger partial charge on any atom is 0.135 e. The van der Waals surface area contributed by atoms with Gasteiger partial charge in [-0.05, 0) is 131 Å². The summed E-state index contributed by atoms with van der Waals surface area (Å²) < 4.78 is 8.52. The lowest BCUT2D eigenvalue weighted by Crippen LogP contribution is -2.09. The predicted molar refractivity (Wildman–Crippen MR) is 268 cm³/mol. The summed E-state index contributed by atoms with van der Waals surface area (Å²) in [7, 11) is 0. The molecule has 2 aromatic heterocycles. The van der Waals surface area contributed by atoms with Crippen LogP contribution in [0.15, 0.2) is 253 Å². The van der Waals surface area contributed by atoms with E-state index in [2.05, 4.69) is 251 Å². The van der Waals surface area contributed by atoms with E-state index in [0.29, 0.717) is 0 Å². The SMILES string of the molecule is c1ccc(N(c2ccc(-c3ccc(-c4ccc(N(c5ccccc5)c5ccc6c(c5)c5ccccc5n6-c5ccccc5)cc4)cc3)cc2)c2ccc3oc4ccccc4c3c2)cc1. The first-order valence-electron chi connectivity index (χ1n) is 21.7. The van der Waals surface area contributed by atoms with Gasteiger partial charge < -0.3 is 18.8 Å². The predicted octanol–water partition coefficient (Wildman–Crippen LogP) is 17.0. The summed E-state index contributed by atoms with van der Waals surface area (Å²) in [6.07, 6.45) is 0. The first kappa shape index (κ1) is 37.2. The summed E-state index contributed by atoms with van der Waals surface area (Å²) >= 11 is 0. The standard InChI is InChI=1S/C60H41N3O/c1-4-14-46(15-5-1)61(51-36-38-58-55(40-51)53-20-10-12-22-57(53)63(58)48-18-8-3-9-19-48)49-32-28-44(29-33-49)42-24-26-43(27-25-42)45-30-34-50(35-31-45)62(47-16-6-2-7-17-47)52-37-39-60-56(41-52)54-21-11-13-23-59(54)64-60/h1-41H. The zero-order valence-electron chi connectivity index (χ0n) is 34.9. The topological polar surface area (TPSA) is 24.6 Å². The molecule has 0 fully saturated rings. The first-order chi connectivity index (χ1) is 31.7. The molecule has 0 saturated heterocycles. The van der Waals surface area contributed by atoms with Crippen LogP contribution in [0.2, 0.25) is 0 Å². The van der Waals surface area contributed by atoms with Crippen LogP contribution in [0.4, 0.5) is 34.1 Å². The number of hydrogen-bond acceptors (Lipinski definition) is 3. The molecular weight excluding hydrogens is 779 g/mol. The lowest BCUT2D eigenvalue weighted by Gasteiger charge is -2.26. The monoisotopic (exact) mass is 819 g/mol. The van der Waals surface area contributed by atoms with Crippen molar-refractivity contribution in [3.8, 4) is 27.9 Å². The molecule has 0 aliphatic carbocycles. The maximum atomic E-state index is 6.16. The number of hydrogen-bond donors (Lipinski definition) is 0. The molecule has 12 aromatic rings. The van der Waals surface area contributed by atoms with Gasteiger partial charge in [0.2, 0.25) is 0 Å². The summed E-state index contributed by atoms with van der Waals surface area (Å²) in [6.45, 7) is 0. The minimum Gasteiger partial charge on any atom is -0.456 e. The van der Waals surface area contributed by atoms with Crippen molar-refractivity contribution in [1.29, 1.82) is 0 Å². The van der Waals surface area contributed by atoms with Crippen LogP contribution in [0, 0.1) is 0 Å². The van der Waals surface area contributed by atoms with Crippen molar-refractivity contribution in [3.63, 3.8) is 0 Å². The molecule has 0 amide bonds. The third kappa shape index (κ3) is 6.57. The van der Waals surface area contributed by atoms with Gasteiger partial charge in [0, 0.05) is 61.4 Å². The van der Waals surface area contributed by atoms with Gasteiger partial charge in [0.05, 0.1) is 11.0 Å². The van der Waals surface area contributed by atoms with Gasteiger partial charge in [0.1, 0.15) is 11.2 Å². The normalized spacial score (nSPS) is 11.4. The second-order valence-electron chi connectivity index (χ2n) is 16.2. The van der Waals surface area contributed by atoms with E-state index in [0.717, 1.165) is 67.3 Å². The number of benzene rings is 10. The zero-order chi connectivity index (χ0) is 42.4. The molecule has 0 aliphatic heterocycles. The van der Waals surface area contributed by atoms with Crippen LogP contribution in [0.25, 0.3) is 71.7 Å². The second kappa shape index (κ2) is 15.7. The number of para-hydroxylation sites is 5. The van der Waals surface area contributed by atoms with Crippen molar-refractivity contribution < 1.29 is 4.42 Å². The minimum atomic E-state index is 0.889. The van der Waals surface area contributed by atoms with Crippen LogP contribution in [-0.2, 0) is 0 Å². The molecule has 0 atom stereocenters. The summed E-state index contributed by atoms with van der Waals surface area (Å²) in [5, 5.41) is 4.68. The van der Waals surface area contributed by atoms with Gasteiger partial charge in [0.25, 0.3) is 0 Å². The highest BCUT2D eigenvalue weighted by molar-refractivity contribution is 6.11. The van der Waals surface area contributed by atoms with Gasteiger partial charge in [-0.25, -0.2) is 0 Å².